The highest BCUT2D eigenvalue weighted by molar-refractivity contribution is 7.95. The molecule has 0 spiro atoms. The van der Waals surface area contributed by atoms with Crippen molar-refractivity contribution in [3.63, 3.8) is 0 Å². The molecular weight excluding hydrogens is 404 g/mol. The highest BCUT2D eigenvalue weighted by Gasteiger charge is 2.45. The van der Waals surface area contributed by atoms with Gasteiger partial charge in [0.05, 0.1) is 12.7 Å². The minimum absolute atomic E-state index is 0.00614. The van der Waals surface area contributed by atoms with Crippen LogP contribution in [0.3, 0.4) is 0 Å². The SMILES string of the molecule is C[S+]([O-])C1=CC(O)(CCCCOc2ccccc2)/C(=C/C=C/C(O)CCCO)C1=O. The number of aliphatic hydroxyl groups is 3. The molecular formula is C23H30O6S. The van der Waals surface area contributed by atoms with E-state index in [0.717, 1.165) is 5.75 Å². The van der Waals surface area contributed by atoms with Crippen LogP contribution in [0.25, 0.3) is 0 Å². The van der Waals surface area contributed by atoms with Crippen LogP contribution in [-0.4, -0.2) is 56.8 Å². The summed E-state index contributed by atoms with van der Waals surface area (Å²) in [7, 11) is 0. The summed E-state index contributed by atoms with van der Waals surface area (Å²) in [5.74, 6) is 0.342. The van der Waals surface area contributed by atoms with E-state index in [1.165, 1.54) is 30.6 Å². The van der Waals surface area contributed by atoms with Crippen molar-refractivity contribution in [2.45, 2.75) is 43.8 Å². The summed E-state index contributed by atoms with van der Waals surface area (Å²) in [6.45, 7) is 0.480. The molecule has 7 heteroatoms. The standard InChI is InChI=1S/C23H30O6S/c1-30(28)21-17-23(27,14-5-6-16-29-19-11-3-2-4-12-19)20(22(21)26)13-7-9-18(25)10-8-15-24/h2-4,7,9,11-13,17-18,24-25,27H,5-6,8,10,14-16H2,1H3/b9-7+,20-13+. The lowest BCUT2D eigenvalue weighted by Gasteiger charge is -2.21. The fourth-order valence-corrected chi connectivity index (χ4v) is 3.94. The lowest BCUT2D eigenvalue weighted by atomic mass is 9.90. The molecule has 1 aromatic rings. The number of ether oxygens (including phenoxy) is 1. The molecule has 6 nitrogen and oxygen atoms in total. The molecule has 3 atom stereocenters. The van der Waals surface area contributed by atoms with Gasteiger partial charge in [0.25, 0.3) is 0 Å². The molecule has 1 aliphatic carbocycles. The minimum atomic E-state index is -1.51. The first kappa shape index (κ1) is 24.4. The molecule has 2 rings (SSSR count). The maximum absolute atomic E-state index is 12.6. The van der Waals surface area contributed by atoms with Gasteiger partial charge in [0.2, 0.25) is 5.78 Å². The van der Waals surface area contributed by atoms with E-state index in [4.69, 9.17) is 9.84 Å². The van der Waals surface area contributed by atoms with Crippen molar-refractivity contribution in [1.82, 2.24) is 0 Å². The van der Waals surface area contributed by atoms with Gasteiger partial charge in [-0.2, -0.15) is 0 Å². The monoisotopic (exact) mass is 434 g/mol. The predicted octanol–water partition coefficient (Wildman–Crippen LogP) is 2.43. The van der Waals surface area contributed by atoms with E-state index < -0.39 is 28.7 Å². The Morgan fingerprint density at radius 2 is 1.97 bits per heavy atom. The number of benzene rings is 1. The molecule has 0 fully saturated rings. The van der Waals surface area contributed by atoms with Gasteiger partial charge in [-0.05, 0) is 55.4 Å². The Bertz CT molecular complexity index is 771. The van der Waals surface area contributed by atoms with E-state index in [1.807, 2.05) is 30.3 Å². The van der Waals surface area contributed by atoms with Crippen LogP contribution in [0.2, 0.25) is 0 Å². The van der Waals surface area contributed by atoms with Gasteiger partial charge in [-0.25, -0.2) is 0 Å². The van der Waals surface area contributed by atoms with E-state index in [0.29, 0.717) is 38.7 Å². The van der Waals surface area contributed by atoms with E-state index in [1.54, 1.807) is 0 Å². The zero-order chi connectivity index (χ0) is 22.0. The number of Topliss-reactive ketones (excluding diaryl/α,β-unsaturated/α-hetero) is 1. The molecule has 3 unspecified atom stereocenters. The third kappa shape index (κ3) is 7.11. The number of unbranched alkanes of at least 4 members (excludes halogenated alkanes) is 1. The second-order valence-electron chi connectivity index (χ2n) is 7.23. The average Bonchev–Trinajstić information content (AvgIpc) is 2.98. The largest absolute Gasteiger partial charge is 0.612 e. The van der Waals surface area contributed by atoms with Crippen molar-refractivity contribution in [3.05, 3.63) is 65.1 Å². The average molecular weight is 435 g/mol. The van der Waals surface area contributed by atoms with Crippen LogP contribution in [-0.2, 0) is 16.0 Å². The molecule has 1 aliphatic rings. The van der Waals surface area contributed by atoms with Crippen molar-refractivity contribution in [1.29, 1.82) is 0 Å². The Labute approximate surface area is 180 Å². The first-order valence-corrected chi connectivity index (χ1v) is 11.6. The van der Waals surface area contributed by atoms with Crippen molar-refractivity contribution >= 4 is 17.0 Å². The van der Waals surface area contributed by atoms with E-state index in [9.17, 15) is 19.6 Å². The van der Waals surface area contributed by atoms with E-state index >= 15 is 0 Å². The fraction of sp³-hybridized carbons (Fsp3) is 0.435. The first-order chi connectivity index (χ1) is 14.4. The number of ketones is 1. The second kappa shape index (κ2) is 12.1. The molecule has 3 N–H and O–H groups in total. The Kier molecular flexibility index (Phi) is 9.81. The van der Waals surface area contributed by atoms with E-state index in [-0.39, 0.29) is 17.1 Å². The van der Waals surface area contributed by atoms with Crippen LogP contribution in [0, 0.1) is 0 Å². The smallest absolute Gasteiger partial charge is 0.239 e. The summed E-state index contributed by atoms with van der Waals surface area (Å²) in [5.41, 5.74) is -1.34. The number of hydrogen-bond acceptors (Lipinski definition) is 6. The van der Waals surface area contributed by atoms with Crippen molar-refractivity contribution in [2.75, 3.05) is 19.5 Å². The van der Waals surface area contributed by atoms with Gasteiger partial charge in [0.15, 0.2) is 4.91 Å². The zero-order valence-electron chi connectivity index (χ0n) is 17.2. The van der Waals surface area contributed by atoms with Crippen molar-refractivity contribution in [3.8, 4) is 5.75 Å². The molecule has 1 aromatic carbocycles. The molecule has 0 saturated carbocycles. The topological polar surface area (TPSA) is 110 Å². The number of hydrogen-bond donors (Lipinski definition) is 3. The van der Waals surface area contributed by atoms with E-state index in [2.05, 4.69) is 0 Å². The van der Waals surface area contributed by atoms with Crippen LogP contribution in [0.15, 0.2) is 65.1 Å². The van der Waals surface area contributed by atoms with Gasteiger partial charge >= 0.3 is 0 Å². The molecule has 0 aliphatic heterocycles. The number of rotatable bonds is 12. The van der Waals surface area contributed by atoms with Gasteiger partial charge in [0.1, 0.15) is 17.6 Å². The van der Waals surface area contributed by atoms with Gasteiger partial charge in [0, 0.05) is 18.3 Å². The summed E-state index contributed by atoms with van der Waals surface area (Å²) in [4.78, 5) is 12.7. The second-order valence-corrected chi connectivity index (χ2v) is 8.58. The van der Waals surface area contributed by atoms with Crippen molar-refractivity contribution in [2.24, 2.45) is 0 Å². The van der Waals surface area contributed by atoms with Crippen LogP contribution in [0.5, 0.6) is 5.75 Å². The molecule has 0 saturated heterocycles. The Morgan fingerprint density at radius 1 is 1.23 bits per heavy atom. The number of carbonyl (C=O) groups excluding carboxylic acids is 1. The van der Waals surface area contributed by atoms with Crippen LogP contribution in [0.4, 0.5) is 0 Å². The highest BCUT2D eigenvalue weighted by atomic mass is 32.2. The third-order valence-electron chi connectivity index (χ3n) is 4.83. The molecule has 0 aromatic heterocycles. The molecule has 0 amide bonds. The maximum Gasteiger partial charge on any atom is 0.239 e. The van der Waals surface area contributed by atoms with Gasteiger partial charge in [-0.3, -0.25) is 4.79 Å². The van der Waals surface area contributed by atoms with Gasteiger partial charge in [-0.1, -0.05) is 36.4 Å². The van der Waals surface area contributed by atoms with Crippen molar-refractivity contribution < 1.29 is 29.4 Å². The zero-order valence-corrected chi connectivity index (χ0v) is 18.0. The molecule has 0 radical (unpaired) electrons. The van der Waals surface area contributed by atoms with Crippen LogP contribution in [0.1, 0.15) is 32.1 Å². The Morgan fingerprint density at radius 3 is 2.63 bits per heavy atom. The fourth-order valence-electron chi connectivity index (χ4n) is 3.21. The summed E-state index contributed by atoms with van der Waals surface area (Å²) in [5, 5.41) is 29.7. The van der Waals surface area contributed by atoms with Gasteiger partial charge < -0.3 is 24.6 Å². The van der Waals surface area contributed by atoms with Gasteiger partial charge in [-0.15, -0.1) is 0 Å². The lowest BCUT2D eigenvalue weighted by Crippen LogP contribution is -2.28. The molecule has 0 heterocycles. The summed E-state index contributed by atoms with van der Waals surface area (Å²) < 4.78 is 17.6. The maximum atomic E-state index is 12.6. The van der Waals surface area contributed by atoms with Crippen LogP contribution >= 0.6 is 0 Å². The quantitative estimate of drug-likeness (QED) is 0.265. The number of allylic oxidation sites excluding steroid dienone is 3. The minimum Gasteiger partial charge on any atom is -0.612 e. The molecule has 0 bridgehead atoms. The summed E-state index contributed by atoms with van der Waals surface area (Å²) in [6, 6.07) is 9.44. The number of para-hydroxylation sites is 1. The highest BCUT2D eigenvalue weighted by Crippen LogP contribution is 2.37. The summed E-state index contributed by atoms with van der Waals surface area (Å²) in [6.07, 6.45) is 9.02. The molecule has 164 valence electrons. The lowest BCUT2D eigenvalue weighted by molar-refractivity contribution is -0.112. The number of carbonyl (C=O) groups is 1. The first-order valence-electron chi connectivity index (χ1n) is 10.1. The molecule has 30 heavy (non-hydrogen) atoms. The summed E-state index contributed by atoms with van der Waals surface area (Å²) >= 11 is -1.51. The predicted molar refractivity (Wildman–Crippen MR) is 117 cm³/mol. The number of aliphatic hydroxyl groups excluding tert-OH is 2. The van der Waals surface area contributed by atoms with Crippen LogP contribution < -0.4 is 4.74 Å². The Balaban J connectivity index is 1.99. The normalized spacial score (nSPS) is 22.5. The Hall–Kier alpha value is -1.90. The third-order valence-corrected chi connectivity index (χ3v) is 5.76.